The second-order valence-electron chi connectivity index (χ2n) is 6.74. The molecule has 0 bridgehead atoms. The van der Waals surface area contributed by atoms with E-state index in [0.29, 0.717) is 13.0 Å². The fraction of sp³-hybridized carbons (Fsp3) is 0.261. The van der Waals surface area contributed by atoms with Crippen molar-refractivity contribution in [2.75, 3.05) is 17.7 Å². The van der Waals surface area contributed by atoms with Crippen LogP contribution in [0.15, 0.2) is 65.6 Å². The van der Waals surface area contributed by atoms with Gasteiger partial charge in [0.15, 0.2) is 0 Å². The summed E-state index contributed by atoms with van der Waals surface area (Å²) in [6.07, 6.45) is 3.44. The van der Waals surface area contributed by atoms with Crippen molar-refractivity contribution in [3.63, 3.8) is 0 Å². The van der Waals surface area contributed by atoms with Gasteiger partial charge in [-0.25, -0.2) is 0 Å². The van der Waals surface area contributed by atoms with E-state index in [1.165, 1.54) is 15.7 Å². The van der Waals surface area contributed by atoms with Crippen LogP contribution >= 0.6 is 11.8 Å². The quantitative estimate of drug-likeness (QED) is 0.425. The number of ether oxygens (including phenoxy) is 1. The molecule has 3 aromatic rings. The molecule has 0 aromatic heterocycles. The zero-order valence-corrected chi connectivity index (χ0v) is 16.1. The van der Waals surface area contributed by atoms with Crippen molar-refractivity contribution in [3.8, 4) is 5.75 Å². The molecule has 0 saturated carbocycles. The van der Waals surface area contributed by atoms with Gasteiger partial charge in [-0.2, -0.15) is 0 Å². The Bertz CT molecular complexity index is 954. The maximum absolute atomic E-state index is 11.5. The van der Waals surface area contributed by atoms with E-state index in [1.807, 2.05) is 30.0 Å². The summed E-state index contributed by atoms with van der Waals surface area (Å²) in [6, 6.07) is 21.0. The molecule has 0 saturated heterocycles. The number of carbonyl (C=O) groups is 1. The third-order valence-electron chi connectivity index (χ3n) is 4.80. The summed E-state index contributed by atoms with van der Waals surface area (Å²) in [6.45, 7) is 0.711. The Morgan fingerprint density at radius 2 is 1.81 bits per heavy atom. The minimum absolute atomic E-state index is 0.0883. The molecule has 1 N–H and O–H groups in total. The summed E-state index contributed by atoms with van der Waals surface area (Å²) in [5, 5.41) is 5.51. The molecule has 1 aliphatic heterocycles. The first-order valence-electron chi connectivity index (χ1n) is 9.46. The number of carbonyl (C=O) groups excluding carboxylic acids is 1. The molecule has 0 spiro atoms. The predicted octanol–water partition coefficient (Wildman–Crippen LogP) is 5.68. The molecule has 1 heterocycles. The molecule has 138 valence electrons. The predicted molar refractivity (Wildman–Crippen MR) is 113 cm³/mol. The van der Waals surface area contributed by atoms with Crippen molar-refractivity contribution in [3.05, 3.63) is 66.2 Å². The number of amides is 1. The van der Waals surface area contributed by atoms with Crippen molar-refractivity contribution in [2.45, 2.75) is 30.6 Å². The van der Waals surface area contributed by atoms with Crippen molar-refractivity contribution < 1.29 is 9.53 Å². The first-order chi connectivity index (χ1) is 13.3. The largest absolute Gasteiger partial charge is 0.493 e. The van der Waals surface area contributed by atoms with E-state index < -0.39 is 0 Å². The van der Waals surface area contributed by atoms with Gasteiger partial charge in [0.25, 0.3) is 0 Å². The molecule has 4 rings (SSSR count). The van der Waals surface area contributed by atoms with E-state index in [2.05, 4.69) is 47.8 Å². The molecule has 27 heavy (non-hydrogen) atoms. The number of unbranched alkanes of at least 4 members (excludes halogenated alkanes) is 1. The molecule has 1 aliphatic rings. The van der Waals surface area contributed by atoms with Crippen LogP contribution in [-0.2, 0) is 11.2 Å². The lowest BCUT2D eigenvalue weighted by Gasteiger charge is -2.20. The van der Waals surface area contributed by atoms with Gasteiger partial charge in [0.05, 0.1) is 6.61 Å². The van der Waals surface area contributed by atoms with Crippen LogP contribution in [0.2, 0.25) is 0 Å². The number of anilines is 1. The van der Waals surface area contributed by atoms with E-state index in [9.17, 15) is 4.79 Å². The van der Waals surface area contributed by atoms with Crippen LogP contribution in [0.1, 0.15) is 24.8 Å². The van der Waals surface area contributed by atoms with Gasteiger partial charge in [-0.3, -0.25) is 4.79 Å². The summed E-state index contributed by atoms with van der Waals surface area (Å²) in [5.41, 5.74) is 2.03. The normalized spacial score (nSPS) is 13.3. The Morgan fingerprint density at radius 3 is 2.74 bits per heavy atom. The molecular formula is C23H23NO2S. The smallest absolute Gasteiger partial charge is 0.224 e. The summed E-state index contributed by atoms with van der Waals surface area (Å²) in [7, 11) is 0. The summed E-state index contributed by atoms with van der Waals surface area (Å²) >= 11 is 1.90. The second kappa shape index (κ2) is 8.49. The highest BCUT2D eigenvalue weighted by Crippen LogP contribution is 2.31. The third-order valence-corrected chi connectivity index (χ3v) is 5.88. The van der Waals surface area contributed by atoms with Crippen molar-refractivity contribution >= 4 is 34.1 Å². The van der Waals surface area contributed by atoms with Gasteiger partial charge in [0.1, 0.15) is 5.75 Å². The van der Waals surface area contributed by atoms with E-state index >= 15 is 0 Å². The van der Waals surface area contributed by atoms with Gasteiger partial charge in [-0.1, -0.05) is 36.4 Å². The lowest BCUT2D eigenvalue weighted by atomic mass is 10.0. The highest BCUT2D eigenvalue weighted by atomic mass is 32.2. The van der Waals surface area contributed by atoms with Gasteiger partial charge in [0.2, 0.25) is 5.91 Å². The molecule has 4 heteroatoms. The number of fused-ring (bicyclic) bond motifs is 2. The molecule has 3 aromatic carbocycles. The zero-order valence-electron chi connectivity index (χ0n) is 15.2. The van der Waals surface area contributed by atoms with Gasteiger partial charge < -0.3 is 10.1 Å². The van der Waals surface area contributed by atoms with Crippen molar-refractivity contribution in [1.29, 1.82) is 0 Å². The lowest BCUT2D eigenvalue weighted by Crippen LogP contribution is -2.19. The highest BCUT2D eigenvalue weighted by molar-refractivity contribution is 7.99. The minimum Gasteiger partial charge on any atom is -0.493 e. The van der Waals surface area contributed by atoms with Crippen LogP contribution < -0.4 is 10.1 Å². The van der Waals surface area contributed by atoms with Crippen LogP contribution in [-0.4, -0.2) is 18.3 Å². The topological polar surface area (TPSA) is 38.3 Å². The van der Waals surface area contributed by atoms with Crippen LogP contribution in [0.4, 0.5) is 5.69 Å². The Labute approximate surface area is 164 Å². The average Bonchev–Trinajstić information content (AvgIpc) is 2.70. The first-order valence-corrected chi connectivity index (χ1v) is 10.4. The average molecular weight is 378 g/mol. The van der Waals surface area contributed by atoms with Crippen LogP contribution in [0.25, 0.3) is 10.8 Å². The van der Waals surface area contributed by atoms with Gasteiger partial charge in [-0.05, 0) is 60.1 Å². The third kappa shape index (κ3) is 4.45. The van der Waals surface area contributed by atoms with Crippen molar-refractivity contribution in [2.24, 2.45) is 0 Å². The molecular weight excluding hydrogens is 354 g/mol. The Hall–Kier alpha value is -2.46. The standard InChI is InChI=1S/C23H23NO2S/c25-23-13-12-20-21(24-23)8-5-9-22(20)26-14-3-4-15-27-19-11-10-17-6-1-2-7-18(17)16-19/h1-2,5-11,16H,3-4,12-15H2,(H,24,25). The van der Waals surface area contributed by atoms with E-state index in [1.54, 1.807) is 0 Å². The summed E-state index contributed by atoms with van der Waals surface area (Å²) in [5.74, 6) is 2.09. The van der Waals surface area contributed by atoms with Gasteiger partial charge >= 0.3 is 0 Å². The number of nitrogens with one attached hydrogen (secondary N) is 1. The molecule has 0 aliphatic carbocycles. The molecule has 3 nitrogen and oxygen atoms in total. The lowest BCUT2D eigenvalue weighted by molar-refractivity contribution is -0.116. The fourth-order valence-corrected chi connectivity index (χ4v) is 4.32. The molecule has 0 unspecified atom stereocenters. The highest BCUT2D eigenvalue weighted by Gasteiger charge is 2.18. The number of hydrogen-bond donors (Lipinski definition) is 1. The summed E-state index contributed by atoms with van der Waals surface area (Å²) < 4.78 is 5.99. The molecule has 0 atom stereocenters. The van der Waals surface area contributed by atoms with E-state index in [4.69, 9.17) is 4.74 Å². The molecule has 1 amide bonds. The number of rotatable bonds is 7. The number of thioether (sulfide) groups is 1. The monoisotopic (exact) mass is 377 g/mol. The first kappa shape index (κ1) is 17.9. The maximum Gasteiger partial charge on any atom is 0.224 e. The SMILES string of the molecule is O=C1CCc2c(cccc2OCCCCSc2ccc3ccccc3c2)N1. The molecule has 0 fully saturated rings. The number of benzene rings is 3. The molecule has 0 radical (unpaired) electrons. The van der Waals surface area contributed by atoms with Crippen LogP contribution in [0.5, 0.6) is 5.75 Å². The van der Waals surface area contributed by atoms with Crippen LogP contribution in [0.3, 0.4) is 0 Å². The zero-order chi connectivity index (χ0) is 18.5. The fourth-order valence-electron chi connectivity index (χ4n) is 3.36. The maximum atomic E-state index is 11.5. The minimum atomic E-state index is 0.0883. The Kier molecular flexibility index (Phi) is 5.64. The van der Waals surface area contributed by atoms with E-state index in [0.717, 1.165) is 42.0 Å². The van der Waals surface area contributed by atoms with E-state index in [-0.39, 0.29) is 5.91 Å². The summed E-state index contributed by atoms with van der Waals surface area (Å²) in [4.78, 5) is 12.8. The van der Waals surface area contributed by atoms with Gasteiger partial charge in [0, 0.05) is 22.6 Å². The Morgan fingerprint density at radius 1 is 0.926 bits per heavy atom. The Balaban J connectivity index is 1.23. The van der Waals surface area contributed by atoms with Gasteiger partial charge in [-0.15, -0.1) is 11.8 Å². The number of hydrogen-bond acceptors (Lipinski definition) is 3. The second-order valence-corrected chi connectivity index (χ2v) is 7.91. The van der Waals surface area contributed by atoms with Crippen LogP contribution in [0, 0.1) is 0 Å². The van der Waals surface area contributed by atoms with Crippen molar-refractivity contribution in [1.82, 2.24) is 0 Å².